The Bertz CT molecular complexity index is 503. The summed E-state index contributed by atoms with van der Waals surface area (Å²) in [5.41, 5.74) is 0.645. The van der Waals surface area contributed by atoms with E-state index in [-0.39, 0.29) is 19.1 Å². The molecule has 1 amide bonds. The van der Waals surface area contributed by atoms with Crippen molar-refractivity contribution in [3.05, 3.63) is 48.0 Å². The monoisotopic (exact) mass is 215 g/mol. The number of hydrogen-bond donors (Lipinski definition) is 2. The van der Waals surface area contributed by atoms with Gasteiger partial charge in [0.25, 0.3) is 5.91 Å². The third-order valence-electron chi connectivity index (χ3n) is 2.43. The van der Waals surface area contributed by atoms with Crippen LogP contribution in [0.2, 0.25) is 0 Å². The minimum atomic E-state index is -0.147. The van der Waals surface area contributed by atoms with Crippen molar-refractivity contribution in [2.75, 3.05) is 13.2 Å². The Morgan fingerprint density at radius 3 is 2.69 bits per heavy atom. The van der Waals surface area contributed by atoms with Crippen LogP contribution in [-0.2, 0) is 0 Å². The van der Waals surface area contributed by atoms with E-state index in [4.69, 9.17) is 5.11 Å². The highest BCUT2D eigenvalue weighted by Gasteiger charge is 2.07. The van der Waals surface area contributed by atoms with Gasteiger partial charge >= 0.3 is 0 Å². The van der Waals surface area contributed by atoms with Crippen LogP contribution >= 0.6 is 0 Å². The molecular formula is C13H13NO2. The molecule has 2 aromatic carbocycles. The van der Waals surface area contributed by atoms with Crippen LogP contribution in [0.25, 0.3) is 10.8 Å². The van der Waals surface area contributed by atoms with Crippen molar-refractivity contribution >= 4 is 16.7 Å². The molecule has 16 heavy (non-hydrogen) atoms. The van der Waals surface area contributed by atoms with Gasteiger partial charge in [-0.1, -0.05) is 36.4 Å². The van der Waals surface area contributed by atoms with Crippen molar-refractivity contribution in [1.82, 2.24) is 5.32 Å². The van der Waals surface area contributed by atoms with E-state index in [1.165, 1.54) is 0 Å². The van der Waals surface area contributed by atoms with E-state index in [1.54, 1.807) is 6.07 Å². The molecule has 0 atom stereocenters. The maximum absolute atomic E-state index is 11.8. The van der Waals surface area contributed by atoms with Crippen molar-refractivity contribution in [2.24, 2.45) is 0 Å². The van der Waals surface area contributed by atoms with Crippen molar-refractivity contribution < 1.29 is 9.90 Å². The van der Waals surface area contributed by atoms with Crippen molar-refractivity contribution in [2.45, 2.75) is 0 Å². The van der Waals surface area contributed by atoms with E-state index in [2.05, 4.69) is 5.32 Å². The Morgan fingerprint density at radius 1 is 1.12 bits per heavy atom. The largest absolute Gasteiger partial charge is 0.395 e. The van der Waals surface area contributed by atoms with Gasteiger partial charge in [0.15, 0.2) is 0 Å². The first-order chi connectivity index (χ1) is 7.83. The standard InChI is InChI=1S/C13H13NO2/c15-9-8-14-13(16)12-7-3-5-10-4-1-2-6-11(10)12/h1-7,15H,8-9H2,(H,14,16). The van der Waals surface area contributed by atoms with E-state index in [9.17, 15) is 4.79 Å². The average molecular weight is 215 g/mol. The zero-order valence-corrected chi connectivity index (χ0v) is 8.81. The molecule has 2 rings (SSSR count). The number of fused-ring (bicyclic) bond motifs is 1. The number of hydrogen-bond acceptors (Lipinski definition) is 2. The molecule has 0 saturated heterocycles. The average Bonchev–Trinajstić information content (AvgIpc) is 2.35. The smallest absolute Gasteiger partial charge is 0.251 e. The van der Waals surface area contributed by atoms with Gasteiger partial charge in [0.05, 0.1) is 6.61 Å². The van der Waals surface area contributed by atoms with E-state index in [0.29, 0.717) is 5.56 Å². The Hall–Kier alpha value is -1.87. The lowest BCUT2D eigenvalue weighted by Crippen LogP contribution is -2.26. The van der Waals surface area contributed by atoms with Crippen LogP contribution in [-0.4, -0.2) is 24.2 Å². The second-order valence-electron chi connectivity index (χ2n) is 3.51. The molecule has 0 aliphatic carbocycles. The summed E-state index contributed by atoms with van der Waals surface area (Å²) in [6.45, 7) is 0.235. The molecule has 2 N–H and O–H groups in total. The Labute approximate surface area is 93.7 Å². The maximum atomic E-state index is 11.8. The number of amides is 1. The fourth-order valence-electron chi connectivity index (χ4n) is 1.69. The lowest BCUT2D eigenvalue weighted by atomic mass is 10.0. The number of nitrogens with one attached hydrogen (secondary N) is 1. The van der Waals surface area contributed by atoms with E-state index in [1.807, 2.05) is 36.4 Å². The summed E-state index contributed by atoms with van der Waals surface area (Å²) in [6.07, 6.45) is 0. The molecule has 0 spiro atoms. The number of aliphatic hydroxyl groups excluding tert-OH is 1. The van der Waals surface area contributed by atoms with Crippen LogP contribution < -0.4 is 5.32 Å². The second kappa shape index (κ2) is 4.77. The highest BCUT2D eigenvalue weighted by Crippen LogP contribution is 2.18. The third-order valence-corrected chi connectivity index (χ3v) is 2.43. The fourth-order valence-corrected chi connectivity index (χ4v) is 1.69. The summed E-state index contributed by atoms with van der Waals surface area (Å²) >= 11 is 0. The van der Waals surface area contributed by atoms with Gasteiger partial charge < -0.3 is 10.4 Å². The predicted octanol–water partition coefficient (Wildman–Crippen LogP) is 1.56. The van der Waals surface area contributed by atoms with Crippen molar-refractivity contribution in [3.8, 4) is 0 Å². The van der Waals surface area contributed by atoms with Gasteiger partial charge in [0.1, 0.15) is 0 Å². The van der Waals surface area contributed by atoms with Gasteiger partial charge in [0.2, 0.25) is 0 Å². The zero-order chi connectivity index (χ0) is 11.4. The highest BCUT2D eigenvalue weighted by molar-refractivity contribution is 6.06. The SMILES string of the molecule is O=C(NCCO)c1cccc2ccccc12. The van der Waals surface area contributed by atoms with Crippen molar-refractivity contribution in [1.29, 1.82) is 0 Å². The first-order valence-corrected chi connectivity index (χ1v) is 5.20. The first kappa shape index (κ1) is 10.6. The topological polar surface area (TPSA) is 49.3 Å². The molecule has 0 aliphatic rings. The molecule has 0 fully saturated rings. The summed E-state index contributed by atoms with van der Waals surface area (Å²) < 4.78 is 0. The van der Waals surface area contributed by atoms with Crippen LogP contribution in [0.5, 0.6) is 0 Å². The molecule has 0 heterocycles. The maximum Gasteiger partial charge on any atom is 0.251 e. The van der Waals surface area contributed by atoms with E-state index >= 15 is 0 Å². The minimum Gasteiger partial charge on any atom is -0.395 e. The number of carbonyl (C=O) groups is 1. The second-order valence-corrected chi connectivity index (χ2v) is 3.51. The van der Waals surface area contributed by atoms with Gasteiger partial charge in [-0.25, -0.2) is 0 Å². The molecule has 0 unspecified atom stereocenters. The number of rotatable bonds is 3. The number of carbonyl (C=O) groups excluding carboxylic acids is 1. The molecular weight excluding hydrogens is 202 g/mol. The Kier molecular flexibility index (Phi) is 3.17. The van der Waals surface area contributed by atoms with Gasteiger partial charge in [-0.2, -0.15) is 0 Å². The fraction of sp³-hybridized carbons (Fsp3) is 0.154. The Morgan fingerprint density at radius 2 is 1.88 bits per heavy atom. The lowest BCUT2D eigenvalue weighted by Gasteiger charge is -2.06. The summed E-state index contributed by atoms with van der Waals surface area (Å²) in [4.78, 5) is 11.8. The van der Waals surface area contributed by atoms with Crippen LogP contribution in [0.3, 0.4) is 0 Å². The van der Waals surface area contributed by atoms with Crippen molar-refractivity contribution in [3.63, 3.8) is 0 Å². The lowest BCUT2D eigenvalue weighted by molar-refractivity contribution is 0.0946. The van der Waals surface area contributed by atoms with Crippen LogP contribution in [0, 0.1) is 0 Å². The highest BCUT2D eigenvalue weighted by atomic mass is 16.3. The van der Waals surface area contributed by atoms with Gasteiger partial charge in [-0.05, 0) is 16.8 Å². The molecule has 0 radical (unpaired) electrons. The molecule has 0 bridgehead atoms. The molecule has 0 saturated carbocycles. The molecule has 2 aromatic rings. The summed E-state index contributed by atoms with van der Waals surface area (Å²) in [7, 11) is 0. The summed E-state index contributed by atoms with van der Waals surface area (Å²) in [5.74, 6) is -0.147. The molecule has 0 aromatic heterocycles. The molecule has 3 nitrogen and oxygen atoms in total. The predicted molar refractivity (Wildman–Crippen MR) is 63.4 cm³/mol. The number of benzene rings is 2. The normalized spacial score (nSPS) is 10.3. The zero-order valence-electron chi connectivity index (χ0n) is 8.81. The Balaban J connectivity index is 2.40. The first-order valence-electron chi connectivity index (χ1n) is 5.20. The molecule has 3 heteroatoms. The molecule has 82 valence electrons. The van der Waals surface area contributed by atoms with Gasteiger partial charge in [-0.3, -0.25) is 4.79 Å². The summed E-state index contributed by atoms with van der Waals surface area (Å²) in [6, 6.07) is 13.4. The van der Waals surface area contributed by atoms with E-state index < -0.39 is 0 Å². The summed E-state index contributed by atoms with van der Waals surface area (Å²) in [5, 5.41) is 13.3. The van der Waals surface area contributed by atoms with Crippen LogP contribution in [0.1, 0.15) is 10.4 Å². The molecule has 0 aliphatic heterocycles. The van der Waals surface area contributed by atoms with E-state index in [0.717, 1.165) is 10.8 Å². The quantitative estimate of drug-likeness (QED) is 0.816. The third kappa shape index (κ3) is 2.04. The van der Waals surface area contributed by atoms with Crippen LogP contribution in [0.4, 0.5) is 0 Å². The van der Waals surface area contributed by atoms with Gasteiger partial charge in [0, 0.05) is 12.1 Å². The van der Waals surface area contributed by atoms with Gasteiger partial charge in [-0.15, -0.1) is 0 Å². The van der Waals surface area contributed by atoms with Crippen LogP contribution in [0.15, 0.2) is 42.5 Å². The number of aliphatic hydroxyl groups is 1. The minimum absolute atomic E-state index is 0.0451.